The van der Waals surface area contributed by atoms with Crippen LogP contribution in [0.3, 0.4) is 0 Å². The Labute approximate surface area is 159 Å². The Balaban J connectivity index is 1.85. The summed E-state index contributed by atoms with van der Waals surface area (Å²) in [6, 6.07) is 9.91. The predicted octanol–water partition coefficient (Wildman–Crippen LogP) is 1.15. The summed E-state index contributed by atoms with van der Waals surface area (Å²) in [5.74, 6) is -0.228. The molecule has 2 rings (SSSR count). The number of benzene rings is 1. The highest BCUT2D eigenvalue weighted by molar-refractivity contribution is 7.89. The zero-order valence-electron chi connectivity index (χ0n) is 15.1. The lowest BCUT2D eigenvalue weighted by molar-refractivity contribution is 0.0943. The minimum Gasteiger partial charge on any atom is -0.385 e. The van der Waals surface area contributed by atoms with E-state index in [9.17, 15) is 13.2 Å². The molecule has 0 saturated carbocycles. The first kappa shape index (κ1) is 20.8. The first-order chi connectivity index (χ1) is 12.9. The van der Waals surface area contributed by atoms with Crippen molar-refractivity contribution in [2.24, 2.45) is 5.14 Å². The minimum absolute atomic E-state index is 0.0921. The molecule has 0 radical (unpaired) electrons. The van der Waals surface area contributed by atoms with Crippen molar-refractivity contribution in [3.63, 3.8) is 0 Å². The van der Waals surface area contributed by atoms with Crippen LogP contribution in [0.25, 0.3) is 0 Å². The average molecular weight is 392 g/mol. The van der Waals surface area contributed by atoms with Crippen molar-refractivity contribution in [3.8, 4) is 0 Å². The van der Waals surface area contributed by atoms with Gasteiger partial charge in [-0.05, 0) is 42.7 Å². The van der Waals surface area contributed by atoms with Crippen LogP contribution in [0.15, 0.2) is 47.5 Å². The summed E-state index contributed by atoms with van der Waals surface area (Å²) in [7, 11) is -2.06. The molecule has 0 aliphatic heterocycles. The van der Waals surface area contributed by atoms with Crippen molar-refractivity contribution in [1.29, 1.82) is 0 Å². The van der Waals surface area contributed by atoms with Crippen LogP contribution in [0.4, 0.5) is 5.69 Å². The lowest BCUT2D eigenvalue weighted by Crippen LogP contribution is -2.26. The van der Waals surface area contributed by atoms with Crippen LogP contribution < -0.4 is 15.8 Å². The molecule has 9 heteroatoms. The van der Waals surface area contributed by atoms with Crippen LogP contribution >= 0.6 is 0 Å². The molecule has 0 atom stereocenters. The van der Waals surface area contributed by atoms with E-state index >= 15 is 0 Å². The topological polar surface area (TPSA) is 123 Å². The van der Waals surface area contributed by atoms with Crippen molar-refractivity contribution in [2.45, 2.75) is 17.7 Å². The number of nitrogens with one attached hydrogen (secondary N) is 2. The quantitative estimate of drug-likeness (QED) is 0.521. The Hall–Kier alpha value is -2.49. The third-order valence-corrected chi connectivity index (χ3v) is 4.73. The number of nitrogens with two attached hydrogens (primary N) is 1. The van der Waals surface area contributed by atoms with Crippen molar-refractivity contribution >= 4 is 21.6 Å². The largest absolute Gasteiger partial charge is 0.385 e. The Morgan fingerprint density at radius 3 is 2.59 bits per heavy atom. The van der Waals surface area contributed by atoms with Gasteiger partial charge in [-0.25, -0.2) is 13.6 Å². The number of methoxy groups -OCH3 is 1. The van der Waals surface area contributed by atoms with E-state index in [-0.39, 0.29) is 10.8 Å². The molecule has 1 aromatic heterocycles. The van der Waals surface area contributed by atoms with Crippen LogP contribution in [0, 0.1) is 0 Å². The van der Waals surface area contributed by atoms with Crippen molar-refractivity contribution in [1.82, 2.24) is 10.3 Å². The number of pyridine rings is 1. The van der Waals surface area contributed by atoms with Gasteiger partial charge in [-0.1, -0.05) is 12.1 Å². The SMILES string of the molecule is COCCCNC(=O)c1cc(NCCc2ccc(S(N)(=O)=O)cc2)ccn1. The highest BCUT2D eigenvalue weighted by Crippen LogP contribution is 2.11. The van der Waals surface area contributed by atoms with Crippen molar-refractivity contribution in [2.75, 3.05) is 32.1 Å². The third-order valence-electron chi connectivity index (χ3n) is 3.80. The predicted molar refractivity (Wildman–Crippen MR) is 103 cm³/mol. The van der Waals surface area contributed by atoms with E-state index in [4.69, 9.17) is 9.88 Å². The summed E-state index contributed by atoms with van der Waals surface area (Å²) >= 11 is 0. The van der Waals surface area contributed by atoms with Gasteiger partial charge in [0, 0.05) is 38.7 Å². The molecule has 0 bridgehead atoms. The standard InChI is InChI=1S/C18H24N4O4S/c1-26-12-2-9-22-18(23)17-13-15(8-11-21-17)20-10-7-14-3-5-16(6-4-14)27(19,24)25/h3-6,8,11,13H,2,7,9-10,12H2,1H3,(H,20,21)(H,22,23)(H2,19,24,25). The molecule has 0 aliphatic carbocycles. The van der Waals surface area contributed by atoms with Crippen LogP contribution in [0.5, 0.6) is 0 Å². The number of anilines is 1. The van der Waals surface area contributed by atoms with Gasteiger partial charge in [0.2, 0.25) is 10.0 Å². The number of hydrogen-bond donors (Lipinski definition) is 3. The van der Waals surface area contributed by atoms with Gasteiger partial charge in [-0.3, -0.25) is 9.78 Å². The molecule has 1 heterocycles. The third kappa shape index (κ3) is 6.97. The summed E-state index contributed by atoms with van der Waals surface area (Å²) < 4.78 is 27.4. The van der Waals surface area contributed by atoms with E-state index in [1.165, 1.54) is 12.1 Å². The molecule has 0 fully saturated rings. The number of ether oxygens (including phenoxy) is 1. The van der Waals surface area contributed by atoms with E-state index in [2.05, 4.69) is 15.6 Å². The first-order valence-electron chi connectivity index (χ1n) is 8.49. The molecular weight excluding hydrogens is 368 g/mol. The second-order valence-electron chi connectivity index (χ2n) is 5.90. The summed E-state index contributed by atoms with van der Waals surface area (Å²) in [5, 5.41) is 11.1. The van der Waals surface area contributed by atoms with Crippen molar-refractivity contribution < 1.29 is 17.9 Å². The van der Waals surface area contributed by atoms with Gasteiger partial charge in [-0.2, -0.15) is 0 Å². The van der Waals surface area contributed by atoms with Gasteiger partial charge in [0.25, 0.3) is 5.91 Å². The number of hydrogen-bond acceptors (Lipinski definition) is 6. The van der Waals surface area contributed by atoms with E-state index in [0.717, 1.165) is 17.7 Å². The maximum Gasteiger partial charge on any atom is 0.269 e. The number of rotatable bonds is 10. The summed E-state index contributed by atoms with van der Waals surface area (Å²) in [5.41, 5.74) is 2.10. The van der Waals surface area contributed by atoms with E-state index in [0.29, 0.717) is 31.8 Å². The zero-order valence-corrected chi connectivity index (χ0v) is 16.0. The van der Waals surface area contributed by atoms with Gasteiger partial charge in [0.05, 0.1) is 4.90 Å². The van der Waals surface area contributed by atoms with Crippen LogP contribution in [0.1, 0.15) is 22.5 Å². The monoisotopic (exact) mass is 392 g/mol. The fraction of sp³-hybridized carbons (Fsp3) is 0.333. The minimum atomic E-state index is -3.67. The normalized spacial score (nSPS) is 11.2. The van der Waals surface area contributed by atoms with E-state index < -0.39 is 10.0 Å². The number of aromatic nitrogens is 1. The van der Waals surface area contributed by atoms with Gasteiger partial charge < -0.3 is 15.4 Å². The van der Waals surface area contributed by atoms with Crippen LogP contribution in [-0.2, 0) is 21.2 Å². The molecule has 27 heavy (non-hydrogen) atoms. The molecule has 0 unspecified atom stereocenters. The first-order valence-corrected chi connectivity index (χ1v) is 10.0. The van der Waals surface area contributed by atoms with Crippen LogP contribution in [-0.4, -0.2) is 46.1 Å². The van der Waals surface area contributed by atoms with E-state index in [1.807, 2.05) is 0 Å². The van der Waals surface area contributed by atoms with Gasteiger partial charge >= 0.3 is 0 Å². The zero-order chi connectivity index (χ0) is 19.7. The molecular formula is C18H24N4O4S. The smallest absolute Gasteiger partial charge is 0.269 e. The fourth-order valence-electron chi connectivity index (χ4n) is 2.37. The number of sulfonamides is 1. The second-order valence-corrected chi connectivity index (χ2v) is 7.46. The molecule has 0 aliphatic rings. The maximum atomic E-state index is 12.1. The molecule has 0 spiro atoms. The summed E-state index contributed by atoms with van der Waals surface area (Å²) in [4.78, 5) is 16.2. The molecule has 2 aromatic rings. The highest BCUT2D eigenvalue weighted by Gasteiger charge is 2.08. The highest BCUT2D eigenvalue weighted by atomic mass is 32.2. The van der Waals surface area contributed by atoms with Gasteiger partial charge in [0.1, 0.15) is 5.69 Å². The van der Waals surface area contributed by atoms with E-state index in [1.54, 1.807) is 37.6 Å². The number of carbonyl (C=O) groups excluding carboxylic acids is 1. The van der Waals surface area contributed by atoms with Crippen molar-refractivity contribution in [3.05, 3.63) is 53.9 Å². The Morgan fingerprint density at radius 1 is 1.19 bits per heavy atom. The second kappa shape index (κ2) is 10.0. The Bertz CT molecular complexity index is 854. The molecule has 0 saturated heterocycles. The molecule has 146 valence electrons. The number of carbonyl (C=O) groups is 1. The maximum absolute atomic E-state index is 12.1. The lowest BCUT2D eigenvalue weighted by atomic mass is 10.1. The average Bonchev–Trinajstić information content (AvgIpc) is 2.65. The Morgan fingerprint density at radius 2 is 1.93 bits per heavy atom. The molecule has 1 amide bonds. The molecule has 4 N–H and O–H groups in total. The molecule has 1 aromatic carbocycles. The van der Waals surface area contributed by atoms with Crippen LogP contribution in [0.2, 0.25) is 0 Å². The number of nitrogens with zero attached hydrogens (tertiary/aromatic N) is 1. The molecule has 8 nitrogen and oxygen atoms in total. The summed E-state index contributed by atoms with van der Waals surface area (Å²) in [6.45, 7) is 1.74. The van der Waals surface area contributed by atoms with Gasteiger partial charge in [0.15, 0.2) is 0 Å². The lowest BCUT2D eigenvalue weighted by Gasteiger charge is -2.09. The number of amides is 1. The summed E-state index contributed by atoms with van der Waals surface area (Å²) in [6.07, 6.45) is 3.00. The van der Waals surface area contributed by atoms with Gasteiger partial charge in [-0.15, -0.1) is 0 Å². The number of primary sulfonamides is 1. The Kier molecular flexibility index (Phi) is 7.71. The fourth-order valence-corrected chi connectivity index (χ4v) is 2.89.